The summed E-state index contributed by atoms with van der Waals surface area (Å²) < 4.78 is 5.75. The van der Waals surface area contributed by atoms with Crippen LogP contribution < -0.4 is 10.1 Å². The summed E-state index contributed by atoms with van der Waals surface area (Å²) in [7, 11) is 0. The lowest BCUT2D eigenvalue weighted by Crippen LogP contribution is -2.22. The van der Waals surface area contributed by atoms with Gasteiger partial charge in [-0.3, -0.25) is 4.79 Å². The SMILES string of the molecule is N#Cc1cccc(C#N)c1Oc1cccc(C(=O)NCc2ccccc2)c1. The first-order valence-electron chi connectivity index (χ1n) is 8.24. The minimum absolute atomic E-state index is 0.185. The van der Waals surface area contributed by atoms with Crippen molar-refractivity contribution in [2.45, 2.75) is 6.54 Å². The van der Waals surface area contributed by atoms with Crippen LogP contribution in [0.15, 0.2) is 72.8 Å². The molecule has 1 N–H and O–H groups in total. The van der Waals surface area contributed by atoms with E-state index in [0.717, 1.165) is 5.56 Å². The summed E-state index contributed by atoms with van der Waals surface area (Å²) in [4.78, 5) is 12.4. The third kappa shape index (κ3) is 4.31. The van der Waals surface area contributed by atoms with E-state index in [1.165, 1.54) is 0 Å². The Morgan fingerprint density at radius 1 is 0.889 bits per heavy atom. The molecule has 5 heteroatoms. The highest BCUT2D eigenvalue weighted by Crippen LogP contribution is 2.29. The predicted octanol–water partition coefficient (Wildman–Crippen LogP) is 4.15. The Balaban J connectivity index is 1.78. The Morgan fingerprint density at radius 2 is 1.56 bits per heavy atom. The molecule has 0 bridgehead atoms. The maximum absolute atomic E-state index is 12.4. The normalized spacial score (nSPS) is 9.70. The van der Waals surface area contributed by atoms with E-state index in [9.17, 15) is 15.3 Å². The van der Waals surface area contributed by atoms with Gasteiger partial charge in [0.05, 0.1) is 11.1 Å². The van der Waals surface area contributed by atoms with Crippen molar-refractivity contribution in [2.75, 3.05) is 0 Å². The molecule has 0 aliphatic rings. The van der Waals surface area contributed by atoms with Crippen LogP contribution in [0.25, 0.3) is 0 Å². The second-order valence-corrected chi connectivity index (χ2v) is 5.70. The van der Waals surface area contributed by atoms with Gasteiger partial charge in [0, 0.05) is 12.1 Å². The van der Waals surface area contributed by atoms with Gasteiger partial charge in [0.15, 0.2) is 5.75 Å². The van der Waals surface area contributed by atoms with Crippen molar-refractivity contribution in [3.05, 3.63) is 95.1 Å². The fourth-order valence-electron chi connectivity index (χ4n) is 2.52. The summed E-state index contributed by atoms with van der Waals surface area (Å²) in [5.74, 6) is 0.323. The molecule has 0 aromatic heterocycles. The van der Waals surface area contributed by atoms with Crippen LogP contribution in [0.3, 0.4) is 0 Å². The van der Waals surface area contributed by atoms with Crippen molar-refractivity contribution in [2.24, 2.45) is 0 Å². The van der Waals surface area contributed by atoms with Crippen LogP contribution in [0.2, 0.25) is 0 Å². The molecule has 0 aliphatic heterocycles. The lowest BCUT2D eigenvalue weighted by Gasteiger charge is -2.10. The first-order chi connectivity index (χ1) is 13.2. The van der Waals surface area contributed by atoms with Gasteiger partial charge in [-0.1, -0.05) is 42.5 Å². The molecule has 3 rings (SSSR count). The van der Waals surface area contributed by atoms with Gasteiger partial charge in [0.25, 0.3) is 5.91 Å². The monoisotopic (exact) mass is 353 g/mol. The summed E-state index contributed by atoms with van der Waals surface area (Å²) in [6.07, 6.45) is 0. The number of benzene rings is 3. The van der Waals surface area contributed by atoms with E-state index in [4.69, 9.17) is 4.74 Å². The van der Waals surface area contributed by atoms with Gasteiger partial charge >= 0.3 is 0 Å². The van der Waals surface area contributed by atoms with E-state index in [1.807, 2.05) is 42.5 Å². The van der Waals surface area contributed by atoms with Crippen LogP contribution in [0, 0.1) is 22.7 Å². The van der Waals surface area contributed by atoms with Gasteiger partial charge in [0.1, 0.15) is 17.9 Å². The molecule has 130 valence electrons. The van der Waals surface area contributed by atoms with Crippen molar-refractivity contribution in [1.82, 2.24) is 5.32 Å². The van der Waals surface area contributed by atoms with E-state index in [1.54, 1.807) is 42.5 Å². The molecular weight excluding hydrogens is 338 g/mol. The number of para-hydroxylation sites is 1. The first kappa shape index (κ1) is 17.7. The Hall–Kier alpha value is -4.09. The van der Waals surface area contributed by atoms with Crippen LogP contribution >= 0.6 is 0 Å². The zero-order chi connectivity index (χ0) is 19.1. The molecule has 0 aliphatic carbocycles. The van der Waals surface area contributed by atoms with Gasteiger partial charge in [-0.15, -0.1) is 0 Å². The first-order valence-corrected chi connectivity index (χ1v) is 8.24. The van der Waals surface area contributed by atoms with Crippen LogP contribution in [0.5, 0.6) is 11.5 Å². The van der Waals surface area contributed by atoms with Crippen LogP contribution in [-0.4, -0.2) is 5.91 Å². The zero-order valence-corrected chi connectivity index (χ0v) is 14.3. The summed E-state index contributed by atoms with van der Waals surface area (Å²) in [5.41, 5.74) is 1.94. The van der Waals surface area contributed by atoms with Crippen molar-refractivity contribution in [1.29, 1.82) is 10.5 Å². The number of amides is 1. The second-order valence-electron chi connectivity index (χ2n) is 5.70. The number of nitrogens with one attached hydrogen (secondary N) is 1. The highest BCUT2D eigenvalue weighted by atomic mass is 16.5. The molecule has 0 saturated carbocycles. The molecule has 0 atom stereocenters. The minimum Gasteiger partial charge on any atom is -0.455 e. The van der Waals surface area contributed by atoms with Crippen molar-refractivity contribution < 1.29 is 9.53 Å². The predicted molar refractivity (Wildman–Crippen MR) is 100 cm³/mol. The number of rotatable bonds is 5. The van der Waals surface area contributed by atoms with E-state index in [2.05, 4.69) is 5.32 Å². The summed E-state index contributed by atoms with van der Waals surface area (Å²) >= 11 is 0. The van der Waals surface area contributed by atoms with E-state index < -0.39 is 0 Å². The van der Waals surface area contributed by atoms with E-state index in [0.29, 0.717) is 17.9 Å². The molecule has 0 unspecified atom stereocenters. The van der Waals surface area contributed by atoms with E-state index >= 15 is 0 Å². The number of nitrogens with zero attached hydrogens (tertiary/aromatic N) is 2. The maximum Gasteiger partial charge on any atom is 0.251 e. The molecule has 3 aromatic rings. The van der Waals surface area contributed by atoms with Crippen LogP contribution in [0.4, 0.5) is 0 Å². The molecule has 1 amide bonds. The third-order valence-electron chi connectivity index (χ3n) is 3.87. The number of carbonyl (C=O) groups is 1. The molecule has 0 fully saturated rings. The Labute approximate surface area is 157 Å². The number of hydrogen-bond donors (Lipinski definition) is 1. The second kappa shape index (κ2) is 8.33. The quantitative estimate of drug-likeness (QED) is 0.746. The Bertz CT molecular complexity index is 1010. The van der Waals surface area contributed by atoms with Gasteiger partial charge in [-0.25, -0.2) is 0 Å². The fourth-order valence-corrected chi connectivity index (χ4v) is 2.52. The number of hydrogen-bond acceptors (Lipinski definition) is 4. The van der Waals surface area contributed by atoms with Gasteiger partial charge < -0.3 is 10.1 Å². The highest BCUT2D eigenvalue weighted by molar-refractivity contribution is 5.94. The lowest BCUT2D eigenvalue weighted by atomic mass is 10.1. The van der Waals surface area contributed by atoms with Crippen molar-refractivity contribution in [3.8, 4) is 23.6 Å². The van der Waals surface area contributed by atoms with Gasteiger partial charge in [-0.05, 0) is 35.9 Å². The van der Waals surface area contributed by atoms with Crippen molar-refractivity contribution >= 4 is 5.91 Å². The average Bonchev–Trinajstić information content (AvgIpc) is 2.73. The molecule has 0 spiro atoms. The molecule has 0 saturated heterocycles. The summed E-state index contributed by atoms with van der Waals surface area (Å²) in [5, 5.41) is 21.3. The van der Waals surface area contributed by atoms with Crippen LogP contribution in [-0.2, 0) is 6.54 Å². The summed E-state index contributed by atoms with van der Waals surface area (Å²) in [6, 6.07) is 25.0. The molecule has 27 heavy (non-hydrogen) atoms. The molecule has 0 radical (unpaired) electrons. The summed E-state index contributed by atoms with van der Waals surface area (Å²) in [6.45, 7) is 0.417. The Morgan fingerprint density at radius 3 is 2.22 bits per heavy atom. The standard InChI is InChI=1S/C22H15N3O2/c23-13-18-9-4-10-19(14-24)21(18)27-20-11-5-8-17(12-20)22(26)25-15-16-6-2-1-3-7-16/h1-12H,15H2,(H,25,26). The minimum atomic E-state index is -0.238. The van der Waals surface area contributed by atoms with Crippen molar-refractivity contribution in [3.63, 3.8) is 0 Å². The number of nitriles is 2. The number of carbonyl (C=O) groups excluding carboxylic acids is 1. The Kier molecular flexibility index (Phi) is 5.47. The number of ether oxygens (including phenoxy) is 1. The largest absolute Gasteiger partial charge is 0.455 e. The average molecular weight is 353 g/mol. The van der Waals surface area contributed by atoms with Crippen LogP contribution in [0.1, 0.15) is 27.0 Å². The topological polar surface area (TPSA) is 85.9 Å². The fraction of sp³-hybridized carbons (Fsp3) is 0.0455. The van der Waals surface area contributed by atoms with Gasteiger partial charge in [0.2, 0.25) is 0 Å². The van der Waals surface area contributed by atoms with Gasteiger partial charge in [-0.2, -0.15) is 10.5 Å². The maximum atomic E-state index is 12.4. The van der Waals surface area contributed by atoms with E-state index in [-0.39, 0.29) is 22.8 Å². The zero-order valence-electron chi connectivity index (χ0n) is 14.3. The lowest BCUT2D eigenvalue weighted by molar-refractivity contribution is 0.0950. The highest BCUT2D eigenvalue weighted by Gasteiger charge is 2.12. The smallest absolute Gasteiger partial charge is 0.251 e. The molecule has 3 aromatic carbocycles. The molecular formula is C22H15N3O2. The molecule has 5 nitrogen and oxygen atoms in total. The molecule has 0 heterocycles. The third-order valence-corrected chi connectivity index (χ3v) is 3.87.